The molecule has 0 saturated heterocycles. The maximum absolute atomic E-state index is 13.5. The predicted molar refractivity (Wildman–Crippen MR) is 67.4 cm³/mol. The van der Waals surface area contributed by atoms with Crippen LogP contribution in [0, 0.1) is 17.0 Å². The van der Waals surface area contributed by atoms with E-state index < -0.39 is 29.0 Å². The molecule has 0 heterocycles. The van der Waals surface area contributed by atoms with Crippen LogP contribution in [0.5, 0.6) is 0 Å². The Bertz CT molecular complexity index is 449. The first-order valence-corrected chi connectivity index (χ1v) is 5.71. The SMILES string of the molecule is CC(C)(C)[C@@H](N)C(=O)Nc1c(F)cc(F)cc1Cl. The summed E-state index contributed by atoms with van der Waals surface area (Å²) in [5, 5.41) is 2.07. The van der Waals surface area contributed by atoms with E-state index in [1.165, 1.54) is 0 Å². The van der Waals surface area contributed by atoms with Crippen molar-refractivity contribution in [3.05, 3.63) is 28.8 Å². The lowest BCUT2D eigenvalue weighted by atomic mass is 9.87. The third kappa shape index (κ3) is 3.40. The molecule has 6 heteroatoms. The number of nitrogens with two attached hydrogens (primary N) is 1. The molecule has 0 spiro atoms. The second kappa shape index (κ2) is 5.20. The fraction of sp³-hybridized carbons (Fsp3) is 0.417. The Balaban J connectivity index is 2.96. The average Bonchev–Trinajstić information content (AvgIpc) is 2.20. The molecule has 1 aromatic carbocycles. The van der Waals surface area contributed by atoms with Gasteiger partial charge in [0.25, 0.3) is 0 Å². The minimum Gasteiger partial charge on any atom is -0.321 e. The summed E-state index contributed by atoms with van der Waals surface area (Å²) in [6.45, 7) is 5.33. The van der Waals surface area contributed by atoms with Crippen molar-refractivity contribution in [3.63, 3.8) is 0 Å². The van der Waals surface area contributed by atoms with Crippen LogP contribution in [-0.2, 0) is 4.79 Å². The van der Waals surface area contributed by atoms with Crippen LogP contribution in [0.3, 0.4) is 0 Å². The molecule has 1 rings (SSSR count). The predicted octanol–water partition coefficient (Wildman–Crippen LogP) is 2.93. The molecular formula is C12H15ClF2N2O. The van der Waals surface area contributed by atoms with Gasteiger partial charge in [0.2, 0.25) is 5.91 Å². The van der Waals surface area contributed by atoms with Crippen molar-refractivity contribution < 1.29 is 13.6 Å². The molecular weight excluding hydrogens is 262 g/mol. The summed E-state index contributed by atoms with van der Waals surface area (Å²) in [4.78, 5) is 11.8. The maximum atomic E-state index is 13.5. The van der Waals surface area contributed by atoms with Crippen molar-refractivity contribution in [1.29, 1.82) is 0 Å². The summed E-state index contributed by atoms with van der Waals surface area (Å²) in [6.07, 6.45) is 0. The van der Waals surface area contributed by atoms with E-state index in [1.54, 1.807) is 20.8 Å². The molecule has 0 saturated carbocycles. The maximum Gasteiger partial charge on any atom is 0.241 e. The summed E-state index contributed by atoms with van der Waals surface area (Å²) in [5.74, 6) is -2.32. The van der Waals surface area contributed by atoms with Crippen molar-refractivity contribution >= 4 is 23.2 Å². The van der Waals surface area contributed by atoms with Crippen LogP contribution >= 0.6 is 11.6 Å². The lowest BCUT2D eigenvalue weighted by Gasteiger charge is -2.26. The molecule has 0 aliphatic heterocycles. The largest absolute Gasteiger partial charge is 0.321 e. The Morgan fingerprint density at radius 2 is 1.94 bits per heavy atom. The van der Waals surface area contributed by atoms with Crippen LogP contribution in [-0.4, -0.2) is 11.9 Å². The molecule has 1 amide bonds. The second-order valence-corrected chi connectivity index (χ2v) is 5.48. The zero-order chi connectivity index (χ0) is 14.1. The van der Waals surface area contributed by atoms with E-state index in [4.69, 9.17) is 17.3 Å². The lowest BCUT2D eigenvalue weighted by Crippen LogP contribution is -2.45. The Morgan fingerprint density at radius 3 is 2.39 bits per heavy atom. The molecule has 100 valence electrons. The first-order valence-electron chi connectivity index (χ1n) is 5.34. The molecule has 0 aromatic heterocycles. The third-order valence-electron chi connectivity index (χ3n) is 2.47. The van der Waals surface area contributed by atoms with Gasteiger partial charge in [-0.05, 0) is 11.5 Å². The zero-order valence-corrected chi connectivity index (χ0v) is 11.1. The number of amides is 1. The lowest BCUT2D eigenvalue weighted by molar-refractivity contribution is -0.119. The van der Waals surface area contributed by atoms with E-state index in [0.29, 0.717) is 6.07 Å². The Labute approximate surface area is 109 Å². The van der Waals surface area contributed by atoms with Gasteiger partial charge < -0.3 is 11.1 Å². The molecule has 3 N–H and O–H groups in total. The summed E-state index contributed by atoms with van der Waals surface area (Å²) in [5.41, 5.74) is 4.98. The summed E-state index contributed by atoms with van der Waals surface area (Å²) < 4.78 is 26.3. The number of hydrogen-bond donors (Lipinski definition) is 2. The molecule has 18 heavy (non-hydrogen) atoms. The zero-order valence-electron chi connectivity index (χ0n) is 10.4. The van der Waals surface area contributed by atoms with E-state index in [9.17, 15) is 13.6 Å². The van der Waals surface area contributed by atoms with Crippen LogP contribution in [0.25, 0.3) is 0 Å². The summed E-state index contributed by atoms with van der Waals surface area (Å²) in [7, 11) is 0. The van der Waals surface area contributed by atoms with Crippen LogP contribution < -0.4 is 11.1 Å². The van der Waals surface area contributed by atoms with Gasteiger partial charge in [0, 0.05) is 6.07 Å². The first kappa shape index (κ1) is 14.9. The van der Waals surface area contributed by atoms with Gasteiger partial charge in [0.15, 0.2) is 5.82 Å². The van der Waals surface area contributed by atoms with Crippen LogP contribution in [0.1, 0.15) is 20.8 Å². The van der Waals surface area contributed by atoms with Gasteiger partial charge in [-0.3, -0.25) is 4.79 Å². The number of anilines is 1. The van der Waals surface area contributed by atoms with Crippen molar-refractivity contribution in [1.82, 2.24) is 0 Å². The minimum atomic E-state index is -0.936. The van der Waals surface area contributed by atoms with E-state index in [-0.39, 0.29) is 10.7 Å². The molecule has 1 atom stereocenters. The number of carbonyl (C=O) groups excluding carboxylic acids is 1. The molecule has 0 aliphatic rings. The smallest absolute Gasteiger partial charge is 0.241 e. The Hall–Kier alpha value is -1.20. The number of rotatable bonds is 2. The number of nitrogens with one attached hydrogen (secondary N) is 1. The van der Waals surface area contributed by atoms with Gasteiger partial charge in [-0.15, -0.1) is 0 Å². The Morgan fingerprint density at radius 1 is 1.39 bits per heavy atom. The van der Waals surface area contributed by atoms with E-state index in [1.807, 2.05) is 0 Å². The summed E-state index contributed by atoms with van der Waals surface area (Å²) in [6, 6.07) is 0.727. The third-order valence-corrected chi connectivity index (χ3v) is 2.77. The van der Waals surface area contributed by atoms with E-state index >= 15 is 0 Å². The number of hydrogen-bond acceptors (Lipinski definition) is 2. The quantitative estimate of drug-likeness (QED) is 0.873. The minimum absolute atomic E-state index is 0.207. The van der Waals surface area contributed by atoms with Crippen molar-refractivity contribution in [2.45, 2.75) is 26.8 Å². The van der Waals surface area contributed by atoms with Crippen molar-refractivity contribution in [3.8, 4) is 0 Å². The van der Waals surface area contributed by atoms with Crippen LogP contribution in [0.2, 0.25) is 5.02 Å². The van der Waals surface area contributed by atoms with Crippen molar-refractivity contribution in [2.75, 3.05) is 5.32 Å². The molecule has 0 fully saturated rings. The van der Waals surface area contributed by atoms with Gasteiger partial charge in [0.05, 0.1) is 16.8 Å². The number of halogens is 3. The van der Waals surface area contributed by atoms with Gasteiger partial charge in [0.1, 0.15) is 5.82 Å². The van der Waals surface area contributed by atoms with Crippen molar-refractivity contribution in [2.24, 2.45) is 11.1 Å². The monoisotopic (exact) mass is 276 g/mol. The highest BCUT2D eigenvalue weighted by molar-refractivity contribution is 6.33. The standard InChI is InChI=1S/C12H15ClF2N2O/c1-12(2,3)10(16)11(18)17-9-7(13)4-6(14)5-8(9)15/h4-5,10H,16H2,1-3H3,(H,17,18)/t10-/m0/s1. The highest BCUT2D eigenvalue weighted by Gasteiger charge is 2.28. The fourth-order valence-corrected chi connectivity index (χ4v) is 1.50. The highest BCUT2D eigenvalue weighted by atomic mass is 35.5. The second-order valence-electron chi connectivity index (χ2n) is 5.08. The molecule has 0 aliphatic carbocycles. The van der Waals surface area contributed by atoms with Crippen LogP contribution in [0.4, 0.5) is 14.5 Å². The van der Waals surface area contributed by atoms with Gasteiger partial charge in [-0.25, -0.2) is 8.78 Å². The molecule has 0 bridgehead atoms. The molecule has 3 nitrogen and oxygen atoms in total. The van der Waals surface area contributed by atoms with Gasteiger partial charge in [-0.1, -0.05) is 32.4 Å². The fourth-order valence-electron chi connectivity index (χ4n) is 1.26. The Kier molecular flexibility index (Phi) is 4.29. The normalized spacial score (nSPS) is 13.3. The van der Waals surface area contributed by atoms with Gasteiger partial charge >= 0.3 is 0 Å². The summed E-state index contributed by atoms with van der Waals surface area (Å²) >= 11 is 5.66. The van der Waals surface area contributed by atoms with Gasteiger partial charge in [-0.2, -0.15) is 0 Å². The topological polar surface area (TPSA) is 55.1 Å². The van der Waals surface area contributed by atoms with E-state index in [2.05, 4.69) is 5.32 Å². The number of benzene rings is 1. The first-order chi connectivity index (χ1) is 8.12. The number of carbonyl (C=O) groups is 1. The average molecular weight is 277 g/mol. The molecule has 0 unspecified atom stereocenters. The molecule has 1 aromatic rings. The van der Waals surface area contributed by atoms with Crippen LogP contribution in [0.15, 0.2) is 12.1 Å². The highest BCUT2D eigenvalue weighted by Crippen LogP contribution is 2.27. The molecule has 0 radical (unpaired) electrons. The van der Waals surface area contributed by atoms with E-state index in [0.717, 1.165) is 6.07 Å².